The molecule has 0 aromatic carbocycles. The second-order valence-electron chi connectivity index (χ2n) is 2.44. The van der Waals surface area contributed by atoms with Crippen molar-refractivity contribution >= 4 is 10.1 Å². The van der Waals surface area contributed by atoms with Crippen LogP contribution in [0.4, 0.5) is 0 Å². The molecule has 0 heterocycles. The first-order chi connectivity index (χ1) is 4.42. The molecule has 0 spiro atoms. The highest BCUT2D eigenvalue weighted by atomic mass is 32.2. The van der Waals surface area contributed by atoms with Gasteiger partial charge in [-0.25, -0.2) is 0 Å². The Morgan fingerprint density at radius 1 is 1.33 bits per heavy atom. The molecule has 0 atom stereocenters. The zero-order valence-electron chi connectivity index (χ0n) is 7.19. The van der Waals surface area contributed by atoms with Crippen molar-refractivity contribution in [2.24, 2.45) is 0 Å². The van der Waals surface area contributed by atoms with E-state index in [-0.39, 0.29) is 17.4 Å². The maximum absolute atomic E-state index is 10.1. The van der Waals surface area contributed by atoms with E-state index < -0.39 is 10.1 Å². The Kier molecular flexibility index (Phi) is 11.0. The van der Waals surface area contributed by atoms with Gasteiger partial charge in [-0.05, 0) is 27.1 Å². The molecule has 0 saturated heterocycles. The van der Waals surface area contributed by atoms with Crippen molar-refractivity contribution < 1.29 is 18.4 Å². The van der Waals surface area contributed by atoms with E-state index in [0.29, 0.717) is 13.0 Å². The van der Waals surface area contributed by atoms with Gasteiger partial charge in [-0.15, -0.1) is 0 Å². The van der Waals surface area contributed by atoms with Crippen LogP contribution in [0.3, 0.4) is 0 Å². The van der Waals surface area contributed by atoms with Crippen molar-refractivity contribution in [3.63, 3.8) is 0 Å². The van der Waals surface area contributed by atoms with E-state index in [0.717, 1.165) is 0 Å². The second-order valence-corrected chi connectivity index (χ2v) is 4.01. The van der Waals surface area contributed by atoms with Crippen LogP contribution in [0.15, 0.2) is 0 Å². The number of rotatable bonds is 4. The van der Waals surface area contributed by atoms with Crippen LogP contribution in [0.1, 0.15) is 6.42 Å². The zero-order chi connectivity index (χ0) is 8.20. The highest BCUT2D eigenvalue weighted by Gasteiger charge is 2.02. The first kappa shape index (κ1) is 17.8. The van der Waals surface area contributed by atoms with E-state index >= 15 is 0 Å². The van der Waals surface area contributed by atoms with Crippen molar-refractivity contribution in [2.75, 3.05) is 26.4 Å². The molecule has 3 N–H and O–H groups in total. The van der Waals surface area contributed by atoms with Gasteiger partial charge in [0.15, 0.2) is 0 Å². The van der Waals surface area contributed by atoms with Crippen molar-refractivity contribution in [1.29, 1.82) is 0 Å². The molecule has 6 nitrogen and oxygen atoms in total. The average Bonchev–Trinajstić information content (AvgIpc) is 1.59. The molecule has 0 aromatic rings. The van der Waals surface area contributed by atoms with E-state index in [1.165, 1.54) is 0 Å². The lowest BCUT2D eigenvalue weighted by Crippen LogP contribution is -2.16. The lowest BCUT2D eigenvalue weighted by atomic mass is 10.5. The lowest BCUT2D eigenvalue weighted by molar-refractivity contribution is 0.404. The third-order valence-electron chi connectivity index (χ3n) is 1.01. The third kappa shape index (κ3) is 16.4. The van der Waals surface area contributed by atoms with Crippen LogP contribution in [0.5, 0.6) is 0 Å². The van der Waals surface area contributed by atoms with Crippen molar-refractivity contribution in [3.8, 4) is 0 Å². The van der Waals surface area contributed by atoms with Gasteiger partial charge in [-0.1, -0.05) is 0 Å². The Morgan fingerprint density at radius 3 is 2.00 bits per heavy atom. The van der Waals surface area contributed by atoms with E-state index in [4.69, 9.17) is 4.55 Å². The number of nitrogens with zero attached hydrogens (tertiary/aromatic N) is 2. The Morgan fingerprint density at radius 2 is 1.75 bits per heavy atom. The van der Waals surface area contributed by atoms with E-state index in [1.54, 1.807) is 0 Å². The normalized spacial score (nSPS) is 10.3. The topological polar surface area (TPSA) is 120 Å². The Labute approximate surface area is 73.2 Å². The molecule has 0 bridgehead atoms. The Balaban J connectivity index is -0.000000405. The second kappa shape index (κ2) is 7.44. The van der Waals surface area contributed by atoms with Gasteiger partial charge < -0.3 is 10.4 Å². The standard InChI is InChI=1S/C5H13NO3S.N.H2O/c1-6(2)4-3-5-10(7,8)9;;/h3-5H2,1-2H3,(H,7,8,9);;1H2. The van der Waals surface area contributed by atoms with E-state index in [1.807, 2.05) is 19.0 Å². The summed E-state index contributed by atoms with van der Waals surface area (Å²) in [6.45, 7) is 0.680. The van der Waals surface area contributed by atoms with Crippen molar-refractivity contribution in [1.82, 2.24) is 11.1 Å². The van der Waals surface area contributed by atoms with Gasteiger partial charge in [0.05, 0.1) is 5.75 Å². The molecule has 0 fully saturated rings. The van der Waals surface area contributed by atoms with Crippen molar-refractivity contribution in [2.45, 2.75) is 6.42 Å². The van der Waals surface area contributed by atoms with Crippen LogP contribution in [0, 0.1) is 0 Å². The summed E-state index contributed by atoms with van der Waals surface area (Å²) in [5.41, 5.74) is 0. The molecule has 12 heavy (non-hydrogen) atoms. The molecule has 0 aliphatic carbocycles. The molecule has 75 valence electrons. The summed E-state index contributed by atoms with van der Waals surface area (Å²) in [7, 11) is -0.0441. The summed E-state index contributed by atoms with van der Waals surface area (Å²) in [6.07, 6.45) is 0.478. The zero-order valence-corrected chi connectivity index (χ0v) is 8.00. The molecule has 0 unspecified atom stereocenters. The van der Waals surface area contributed by atoms with Crippen LogP contribution in [0.2, 0.25) is 0 Å². The molecule has 0 aliphatic heterocycles. The van der Waals surface area contributed by atoms with Gasteiger partial charge >= 0.3 is 0 Å². The summed E-state index contributed by atoms with van der Waals surface area (Å²) in [5.74, 6) is -0.148. The number of hydrogen-bond donors (Lipinski definition) is 1. The molecular weight excluding hydrogens is 184 g/mol. The fraction of sp³-hybridized carbons (Fsp3) is 1.00. The molecule has 0 aromatic heterocycles. The fourth-order valence-corrected chi connectivity index (χ4v) is 1.06. The van der Waals surface area contributed by atoms with Crippen LogP contribution in [-0.2, 0) is 10.1 Å². The molecule has 0 aliphatic rings. The number of hydrogen-bond acceptors (Lipinski definition) is 3. The molecule has 0 rings (SSSR count). The molecule has 3 radical (unpaired) electrons. The minimum absolute atomic E-state index is 0. The van der Waals surface area contributed by atoms with Crippen LogP contribution < -0.4 is 6.15 Å². The lowest BCUT2D eigenvalue weighted by Gasteiger charge is -2.06. The largest absolute Gasteiger partial charge is 0.412 e. The molecular formula is C5H15N2O4S. The monoisotopic (exact) mass is 199 g/mol. The first-order valence-electron chi connectivity index (χ1n) is 3.02. The van der Waals surface area contributed by atoms with Gasteiger partial charge in [0.1, 0.15) is 0 Å². The Bertz CT molecular complexity index is 178. The molecule has 0 saturated carbocycles. The van der Waals surface area contributed by atoms with Gasteiger partial charge in [0, 0.05) is 6.15 Å². The van der Waals surface area contributed by atoms with Crippen LogP contribution in [-0.4, -0.2) is 49.7 Å². The molecule has 0 amide bonds. The van der Waals surface area contributed by atoms with Crippen LogP contribution >= 0.6 is 0 Å². The highest BCUT2D eigenvalue weighted by Crippen LogP contribution is 1.88. The highest BCUT2D eigenvalue weighted by molar-refractivity contribution is 7.85. The summed E-state index contributed by atoms with van der Waals surface area (Å²) in [5, 5.41) is 0. The fourth-order valence-electron chi connectivity index (χ4n) is 0.563. The maximum atomic E-state index is 10.1. The smallest absolute Gasteiger partial charge is 0.264 e. The molecule has 7 heteroatoms. The summed E-state index contributed by atoms with van der Waals surface area (Å²) < 4.78 is 28.6. The van der Waals surface area contributed by atoms with Crippen LogP contribution in [0.25, 0.3) is 0 Å². The summed E-state index contributed by atoms with van der Waals surface area (Å²) in [6, 6.07) is 0. The average molecular weight is 199 g/mol. The van der Waals surface area contributed by atoms with Crippen molar-refractivity contribution in [3.05, 3.63) is 0 Å². The van der Waals surface area contributed by atoms with E-state index in [9.17, 15) is 8.42 Å². The summed E-state index contributed by atoms with van der Waals surface area (Å²) >= 11 is 0. The SMILES string of the molecule is CN(C)CCCS(=O)(=O)O.O.[N]. The minimum Gasteiger partial charge on any atom is -0.412 e. The Hall–Kier alpha value is -0.210. The predicted octanol–water partition coefficient (Wildman–Crippen LogP) is -1.48. The quantitative estimate of drug-likeness (QED) is 0.555. The predicted molar refractivity (Wildman–Crippen MR) is 45.3 cm³/mol. The minimum atomic E-state index is -3.75. The van der Waals surface area contributed by atoms with Gasteiger partial charge in [-0.2, -0.15) is 8.42 Å². The van der Waals surface area contributed by atoms with Gasteiger partial charge in [-0.3, -0.25) is 4.55 Å². The van der Waals surface area contributed by atoms with Gasteiger partial charge in [0.2, 0.25) is 0 Å². The third-order valence-corrected chi connectivity index (χ3v) is 1.81. The van der Waals surface area contributed by atoms with E-state index in [2.05, 4.69) is 0 Å². The first-order valence-corrected chi connectivity index (χ1v) is 4.62. The maximum Gasteiger partial charge on any atom is 0.264 e. The summed E-state index contributed by atoms with van der Waals surface area (Å²) in [4.78, 5) is 1.87. The van der Waals surface area contributed by atoms with Gasteiger partial charge in [0.25, 0.3) is 10.1 Å².